The van der Waals surface area contributed by atoms with Crippen molar-refractivity contribution in [2.75, 3.05) is 0 Å². The van der Waals surface area contributed by atoms with Crippen LogP contribution in [-0.2, 0) is 0 Å². The highest BCUT2D eigenvalue weighted by molar-refractivity contribution is 5.10. The molecule has 0 N–H and O–H groups in total. The monoisotopic (exact) mass is 159 g/mol. The molecule has 63 valence electrons. The van der Waals surface area contributed by atoms with E-state index in [0.29, 0.717) is 0 Å². The Kier molecular flexibility index (Phi) is 5.02. The zero-order chi connectivity index (χ0) is 8.49. The molecule has 0 fully saturated rings. The Morgan fingerprint density at radius 3 is 2.58 bits per heavy atom. The highest BCUT2D eigenvalue weighted by atomic mass is 13.9. The molecule has 0 heteroatoms. The third kappa shape index (κ3) is 4.73. The maximum Gasteiger partial charge on any atom is -0.0241 e. The van der Waals surface area contributed by atoms with Gasteiger partial charge in [-0.15, -0.1) is 0 Å². The minimum atomic E-state index is 1.03. The van der Waals surface area contributed by atoms with Crippen molar-refractivity contribution in [1.29, 1.82) is 0 Å². The van der Waals surface area contributed by atoms with E-state index in [0.717, 1.165) is 25.7 Å². The molecule has 1 aliphatic rings. The molecule has 12 heavy (non-hydrogen) atoms. The molecule has 0 saturated carbocycles. The lowest BCUT2D eigenvalue weighted by Gasteiger charge is -1.88. The van der Waals surface area contributed by atoms with Crippen molar-refractivity contribution in [3.63, 3.8) is 0 Å². The van der Waals surface area contributed by atoms with E-state index in [1.165, 1.54) is 0 Å². The summed E-state index contributed by atoms with van der Waals surface area (Å²) in [5.41, 5.74) is 0. The predicted molar refractivity (Wildman–Crippen MR) is 53.7 cm³/mol. The van der Waals surface area contributed by atoms with E-state index in [1.54, 1.807) is 0 Å². The second kappa shape index (κ2) is 6.66. The van der Waals surface area contributed by atoms with E-state index in [-0.39, 0.29) is 0 Å². The van der Waals surface area contributed by atoms with Crippen LogP contribution in [0.4, 0.5) is 0 Å². The SMILES string of the molecule is [C]1=C/C=C\C=C\CC/C=C/CC/1. The van der Waals surface area contributed by atoms with Gasteiger partial charge >= 0.3 is 0 Å². The largest absolute Gasteiger partial charge is 0.0882 e. The minimum Gasteiger partial charge on any atom is -0.0882 e. The number of rotatable bonds is 0. The summed E-state index contributed by atoms with van der Waals surface area (Å²) >= 11 is 0. The minimum absolute atomic E-state index is 1.03. The van der Waals surface area contributed by atoms with Crippen molar-refractivity contribution >= 4 is 0 Å². The van der Waals surface area contributed by atoms with Crippen LogP contribution in [-0.4, -0.2) is 0 Å². The molecule has 1 rings (SSSR count). The maximum atomic E-state index is 3.21. The van der Waals surface area contributed by atoms with Crippen molar-refractivity contribution in [1.82, 2.24) is 0 Å². The molecule has 0 heterocycles. The Bertz CT molecular complexity index is 182. The van der Waals surface area contributed by atoms with Crippen LogP contribution in [0.15, 0.2) is 42.5 Å². The molecule has 0 unspecified atom stereocenters. The van der Waals surface area contributed by atoms with Crippen LogP contribution in [0.5, 0.6) is 0 Å². The standard InChI is InChI=1S/C12H15/c1-2-4-6-8-10-12-11-9-7-5-3-1/h1-5,10,12H,6,8-9,11H2/b3-1-,4-2+,7-5?,12-10+. The van der Waals surface area contributed by atoms with E-state index >= 15 is 0 Å². The Morgan fingerprint density at radius 2 is 1.58 bits per heavy atom. The topological polar surface area (TPSA) is 0 Å². The van der Waals surface area contributed by atoms with Gasteiger partial charge in [0, 0.05) is 0 Å². The number of allylic oxidation sites excluding steroid dienone is 8. The molecule has 0 spiro atoms. The van der Waals surface area contributed by atoms with Gasteiger partial charge in [0.15, 0.2) is 0 Å². The summed E-state index contributed by atoms with van der Waals surface area (Å²) in [4.78, 5) is 0. The Hall–Kier alpha value is -1.04. The molecule has 0 nitrogen and oxygen atoms in total. The van der Waals surface area contributed by atoms with E-state index in [2.05, 4.69) is 36.5 Å². The van der Waals surface area contributed by atoms with Crippen LogP contribution >= 0.6 is 0 Å². The lowest BCUT2D eigenvalue weighted by molar-refractivity contribution is 0.991. The summed E-state index contributed by atoms with van der Waals surface area (Å²) < 4.78 is 0. The van der Waals surface area contributed by atoms with Crippen molar-refractivity contribution in [3.8, 4) is 0 Å². The Morgan fingerprint density at radius 1 is 0.750 bits per heavy atom. The fourth-order valence-electron chi connectivity index (χ4n) is 1.04. The average Bonchev–Trinajstić information content (AvgIpc) is 2.05. The van der Waals surface area contributed by atoms with Crippen LogP contribution < -0.4 is 0 Å². The molecule has 0 bridgehead atoms. The Balaban J connectivity index is 2.42. The van der Waals surface area contributed by atoms with E-state index in [4.69, 9.17) is 0 Å². The molecular weight excluding hydrogens is 144 g/mol. The first-order chi connectivity index (χ1) is 6.00. The summed E-state index contributed by atoms with van der Waals surface area (Å²) in [5.74, 6) is 0. The molecule has 0 aliphatic heterocycles. The van der Waals surface area contributed by atoms with Crippen molar-refractivity contribution < 1.29 is 0 Å². The van der Waals surface area contributed by atoms with Gasteiger partial charge in [0.2, 0.25) is 0 Å². The predicted octanol–water partition coefficient (Wildman–Crippen LogP) is 3.59. The fraction of sp³-hybridized carbons (Fsp3) is 0.333. The molecule has 0 aromatic rings. The third-order valence-electron chi connectivity index (χ3n) is 1.69. The van der Waals surface area contributed by atoms with Crippen molar-refractivity contribution in [2.45, 2.75) is 25.7 Å². The normalized spacial score (nSPS) is 29.3. The van der Waals surface area contributed by atoms with Crippen LogP contribution in [0.3, 0.4) is 0 Å². The van der Waals surface area contributed by atoms with Gasteiger partial charge in [0.1, 0.15) is 0 Å². The van der Waals surface area contributed by atoms with Gasteiger partial charge in [-0.2, -0.15) is 0 Å². The van der Waals surface area contributed by atoms with Crippen LogP contribution in [0.2, 0.25) is 0 Å². The molecule has 0 atom stereocenters. The van der Waals surface area contributed by atoms with Gasteiger partial charge in [0.25, 0.3) is 0 Å². The second-order valence-corrected chi connectivity index (χ2v) is 2.77. The zero-order valence-electron chi connectivity index (χ0n) is 7.37. The molecule has 0 aromatic carbocycles. The molecule has 0 saturated heterocycles. The van der Waals surface area contributed by atoms with E-state index < -0.39 is 0 Å². The van der Waals surface area contributed by atoms with Gasteiger partial charge in [-0.3, -0.25) is 0 Å². The van der Waals surface area contributed by atoms with E-state index in [1.807, 2.05) is 12.2 Å². The number of hydrogen-bond donors (Lipinski definition) is 0. The highest BCUT2D eigenvalue weighted by Gasteiger charge is 1.79. The highest BCUT2D eigenvalue weighted by Crippen LogP contribution is 1.98. The average molecular weight is 159 g/mol. The Labute approximate surface area is 75.0 Å². The maximum absolute atomic E-state index is 3.21. The summed E-state index contributed by atoms with van der Waals surface area (Å²) in [6.07, 6.45) is 22.5. The quantitative estimate of drug-likeness (QED) is 0.474. The van der Waals surface area contributed by atoms with Gasteiger partial charge in [-0.25, -0.2) is 0 Å². The van der Waals surface area contributed by atoms with E-state index in [9.17, 15) is 0 Å². The molecule has 0 amide bonds. The third-order valence-corrected chi connectivity index (χ3v) is 1.69. The molecule has 0 aromatic heterocycles. The van der Waals surface area contributed by atoms with Crippen molar-refractivity contribution in [2.24, 2.45) is 0 Å². The first-order valence-corrected chi connectivity index (χ1v) is 4.53. The molecule has 1 radical (unpaired) electrons. The molecular formula is C12H15. The smallest absolute Gasteiger partial charge is 0.0241 e. The summed E-state index contributed by atoms with van der Waals surface area (Å²) in [7, 11) is 0. The van der Waals surface area contributed by atoms with Gasteiger partial charge in [-0.05, 0) is 31.8 Å². The summed E-state index contributed by atoms with van der Waals surface area (Å²) in [6.45, 7) is 0. The first-order valence-electron chi connectivity index (χ1n) is 4.53. The second-order valence-electron chi connectivity index (χ2n) is 2.77. The fourth-order valence-corrected chi connectivity index (χ4v) is 1.04. The molecule has 1 aliphatic carbocycles. The lowest BCUT2D eigenvalue weighted by atomic mass is 10.2. The van der Waals surface area contributed by atoms with Gasteiger partial charge < -0.3 is 0 Å². The lowest BCUT2D eigenvalue weighted by Crippen LogP contribution is -1.69. The van der Waals surface area contributed by atoms with Gasteiger partial charge in [0.05, 0.1) is 0 Å². The van der Waals surface area contributed by atoms with Gasteiger partial charge in [-0.1, -0.05) is 42.5 Å². The first kappa shape index (κ1) is 9.05. The van der Waals surface area contributed by atoms with Crippen LogP contribution in [0, 0.1) is 6.08 Å². The summed E-state index contributed by atoms with van der Waals surface area (Å²) in [6, 6.07) is 0. The zero-order valence-corrected chi connectivity index (χ0v) is 7.37. The van der Waals surface area contributed by atoms with Crippen LogP contribution in [0.25, 0.3) is 0 Å². The van der Waals surface area contributed by atoms with Crippen molar-refractivity contribution in [3.05, 3.63) is 48.6 Å². The number of hydrogen-bond acceptors (Lipinski definition) is 0. The van der Waals surface area contributed by atoms with Crippen LogP contribution in [0.1, 0.15) is 25.7 Å². The summed E-state index contributed by atoms with van der Waals surface area (Å²) in [5, 5.41) is 0.